The molecule has 1 atom stereocenters. The Morgan fingerprint density at radius 3 is 2.50 bits per heavy atom. The third kappa shape index (κ3) is 6.82. The Balaban J connectivity index is 1.41. The topological polar surface area (TPSA) is 97.9 Å². The minimum absolute atomic E-state index is 0.0294. The number of nitrogens with two attached hydrogens (primary N) is 1. The monoisotopic (exact) mass is 563 g/mol. The van der Waals surface area contributed by atoms with Gasteiger partial charge in [0.1, 0.15) is 24.3 Å². The normalized spacial score (nSPS) is 16.1. The van der Waals surface area contributed by atoms with Crippen LogP contribution in [0.3, 0.4) is 0 Å². The van der Waals surface area contributed by atoms with Crippen LogP contribution in [0.4, 0.5) is 17.6 Å². The fourth-order valence-corrected chi connectivity index (χ4v) is 5.50. The third-order valence-electron chi connectivity index (χ3n) is 7.72. The minimum Gasteiger partial charge on any atom is -0.497 e. The van der Waals surface area contributed by atoms with E-state index in [1.54, 1.807) is 24.4 Å². The highest BCUT2D eigenvalue weighted by atomic mass is 19.1. The van der Waals surface area contributed by atoms with Crippen molar-refractivity contribution >= 4 is 16.9 Å². The first-order valence-corrected chi connectivity index (χ1v) is 13.2. The first-order valence-electron chi connectivity index (χ1n) is 13.2. The molecule has 1 aliphatic heterocycles. The summed E-state index contributed by atoms with van der Waals surface area (Å²) >= 11 is 0. The van der Waals surface area contributed by atoms with Gasteiger partial charge in [-0.15, -0.1) is 0 Å². The lowest BCUT2D eigenvalue weighted by atomic mass is 9.71. The second-order valence-electron chi connectivity index (χ2n) is 10.2. The van der Waals surface area contributed by atoms with Crippen LogP contribution >= 0.6 is 0 Å². The Hall–Kier alpha value is -3.44. The van der Waals surface area contributed by atoms with Crippen LogP contribution in [-0.2, 0) is 11.3 Å². The van der Waals surface area contributed by atoms with Crippen LogP contribution in [0.15, 0.2) is 36.5 Å². The van der Waals surface area contributed by atoms with Crippen LogP contribution in [0.1, 0.15) is 49.4 Å². The fraction of sp³-hybridized carbons (Fsp3) is 0.448. The van der Waals surface area contributed by atoms with Crippen LogP contribution in [0, 0.1) is 22.9 Å². The van der Waals surface area contributed by atoms with E-state index in [4.69, 9.17) is 15.2 Å². The number of hydrogen-bond donors (Lipinski definition) is 2. The Labute approximate surface area is 229 Å². The predicted octanol–water partition coefficient (Wildman–Crippen LogP) is 5.55. The van der Waals surface area contributed by atoms with E-state index in [2.05, 4.69) is 4.98 Å². The fourth-order valence-electron chi connectivity index (χ4n) is 5.50. The number of carboxylic acid groups (broad SMARTS) is 1. The number of rotatable bonds is 12. The summed E-state index contributed by atoms with van der Waals surface area (Å²) in [5, 5.41) is 10.3. The highest BCUT2D eigenvalue weighted by Gasteiger charge is 2.37. The number of alkyl halides is 1. The molecule has 1 saturated heterocycles. The van der Waals surface area contributed by atoms with Gasteiger partial charge < -0.3 is 20.3 Å². The van der Waals surface area contributed by atoms with Gasteiger partial charge in [-0.25, -0.2) is 17.6 Å². The molecule has 216 valence electrons. The summed E-state index contributed by atoms with van der Waals surface area (Å²) in [6.07, 6.45) is 1.60. The molecule has 0 amide bonds. The molecule has 0 radical (unpaired) electrons. The molecule has 11 heteroatoms. The Morgan fingerprint density at radius 1 is 1.18 bits per heavy atom. The lowest BCUT2D eigenvalue weighted by Crippen LogP contribution is -2.42. The maximum Gasteiger partial charge on any atom is 0.303 e. The summed E-state index contributed by atoms with van der Waals surface area (Å²) in [5.41, 5.74) is 6.96. The van der Waals surface area contributed by atoms with Crippen LogP contribution < -0.4 is 15.2 Å². The van der Waals surface area contributed by atoms with Gasteiger partial charge in [0.15, 0.2) is 17.4 Å². The van der Waals surface area contributed by atoms with Crippen LogP contribution in [-0.4, -0.2) is 54.3 Å². The van der Waals surface area contributed by atoms with Crippen molar-refractivity contribution in [1.29, 1.82) is 0 Å². The number of nitrogens with zero attached hydrogens (tertiary/aromatic N) is 2. The first kappa shape index (κ1) is 29.5. The summed E-state index contributed by atoms with van der Waals surface area (Å²) in [6.45, 7) is 1.46. The number of benzene rings is 2. The number of hydrogen-bond acceptors (Lipinski definition) is 6. The number of likely N-dealkylation sites (tertiary alicyclic amines) is 1. The molecular formula is C29H33F4N3O4. The summed E-state index contributed by atoms with van der Waals surface area (Å²) in [4.78, 5) is 18.2. The van der Waals surface area contributed by atoms with Crippen LogP contribution in [0.25, 0.3) is 10.9 Å². The van der Waals surface area contributed by atoms with E-state index in [-0.39, 0.29) is 26.0 Å². The summed E-state index contributed by atoms with van der Waals surface area (Å²) < 4.78 is 67.2. The average molecular weight is 564 g/mol. The van der Waals surface area contributed by atoms with E-state index < -0.39 is 40.8 Å². The lowest BCUT2D eigenvalue weighted by molar-refractivity contribution is -0.141. The number of carbonyl (C=O) groups is 1. The Bertz CT molecular complexity index is 1320. The number of aliphatic carboxylic acids is 1. The maximum atomic E-state index is 15.9. The molecule has 4 rings (SSSR count). The van der Waals surface area contributed by atoms with Gasteiger partial charge in [0, 0.05) is 42.4 Å². The molecule has 1 aromatic heterocycles. The molecule has 0 aliphatic carbocycles. The van der Waals surface area contributed by atoms with Gasteiger partial charge in [0.05, 0.1) is 19.0 Å². The predicted molar refractivity (Wildman–Crippen MR) is 141 cm³/mol. The van der Waals surface area contributed by atoms with Crippen molar-refractivity contribution in [3.63, 3.8) is 0 Å². The van der Waals surface area contributed by atoms with Crippen molar-refractivity contribution in [3.05, 3.63) is 65.1 Å². The molecule has 7 nitrogen and oxygen atoms in total. The first-order chi connectivity index (χ1) is 19.1. The molecule has 2 aromatic carbocycles. The number of methoxy groups -OCH3 is 1. The van der Waals surface area contributed by atoms with E-state index in [0.29, 0.717) is 78.8 Å². The molecule has 3 N–H and O–H groups in total. The van der Waals surface area contributed by atoms with Gasteiger partial charge in [-0.3, -0.25) is 14.7 Å². The molecule has 1 fully saturated rings. The van der Waals surface area contributed by atoms with Crippen molar-refractivity contribution in [1.82, 2.24) is 9.88 Å². The Morgan fingerprint density at radius 2 is 1.88 bits per heavy atom. The molecule has 1 aliphatic rings. The zero-order chi connectivity index (χ0) is 28.9. The van der Waals surface area contributed by atoms with Crippen LogP contribution in [0.5, 0.6) is 11.5 Å². The van der Waals surface area contributed by atoms with Crippen molar-refractivity contribution in [2.24, 2.45) is 11.1 Å². The summed E-state index contributed by atoms with van der Waals surface area (Å²) in [6, 6.07) is 6.36. The number of pyridine rings is 1. The number of aromatic nitrogens is 1. The number of halogens is 4. The molecule has 2 heterocycles. The Kier molecular flexibility index (Phi) is 9.47. The zero-order valence-corrected chi connectivity index (χ0v) is 22.3. The maximum absolute atomic E-state index is 15.9. The largest absolute Gasteiger partial charge is 0.497 e. The smallest absolute Gasteiger partial charge is 0.303 e. The summed E-state index contributed by atoms with van der Waals surface area (Å²) in [5.74, 6) is -4.27. The quantitative estimate of drug-likeness (QED) is 0.279. The van der Waals surface area contributed by atoms with Crippen LogP contribution in [0.2, 0.25) is 0 Å². The number of fused-ring (bicyclic) bond motifs is 1. The average Bonchev–Trinajstić information content (AvgIpc) is 2.92. The van der Waals surface area contributed by atoms with Gasteiger partial charge in [0.25, 0.3) is 0 Å². The van der Waals surface area contributed by atoms with Gasteiger partial charge >= 0.3 is 5.97 Å². The van der Waals surface area contributed by atoms with E-state index in [1.165, 1.54) is 7.11 Å². The van der Waals surface area contributed by atoms with E-state index in [9.17, 15) is 23.1 Å². The highest BCUT2D eigenvalue weighted by molar-refractivity contribution is 5.85. The molecule has 3 aromatic rings. The molecular weight excluding hydrogens is 530 g/mol. The number of piperidine rings is 1. The lowest BCUT2D eigenvalue weighted by Gasteiger charge is -2.41. The molecule has 40 heavy (non-hydrogen) atoms. The van der Waals surface area contributed by atoms with Gasteiger partial charge in [-0.2, -0.15) is 0 Å². The molecule has 0 spiro atoms. The second kappa shape index (κ2) is 12.8. The molecule has 0 bridgehead atoms. The number of carboxylic acids is 1. The SMILES string of the molecule is COc1ccc2ncc(CN)c([C@@H](F)CCC3(CC(=O)O)CCN(CCOc4c(F)cc(F)cc4F)CC3)c2c1. The molecule has 0 unspecified atom stereocenters. The van der Waals surface area contributed by atoms with Crippen molar-refractivity contribution in [2.45, 2.75) is 44.8 Å². The van der Waals surface area contributed by atoms with Crippen molar-refractivity contribution < 1.29 is 36.9 Å². The van der Waals surface area contributed by atoms with Crippen molar-refractivity contribution in [3.8, 4) is 11.5 Å². The summed E-state index contributed by atoms with van der Waals surface area (Å²) in [7, 11) is 1.53. The second-order valence-corrected chi connectivity index (χ2v) is 10.2. The van der Waals surface area contributed by atoms with E-state index in [1.807, 2.05) is 4.90 Å². The van der Waals surface area contributed by atoms with Gasteiger partial charge in [-0.05, 0) is 68.0 Å². The standard InChI is InChI=1S/C29H33F4N3O4/c1-39-20-2-3-25-21(14-20)27(18(16-34)17-35-25)22(31)4-5-29(15-26(37)38)6-8-36(9-7-29)10-11-40-28-23(32)12-19(30)13-24(28)33/h2-3,12-14,17,22H,4-11,15-16,34H2,1H3,(H,37,38)/t22-/m0/s1. The van der Waals surface area contributed by atoms with Gasteiger partial charge in [0.2, 0.25) is 0 Å². The van der Waals surface area contributed by atoms with Gasteiger partial charge in [-0.1, -0.05) is 0 Å². The molecule has 0 saturated carbocycles. The zero-order valence-electron chi connectivity index (χ0n) is 22.3. The van der Waals surface area contributed by atoms with Crippen molar-refractivity contribution in [2.75, 3.05) is 33.4 Å². The minimum atomic E-state index is -1.38. The highest BCUT2D eigenvalue weighted by Crippen LogP contribution is 2.43. The van der Waals surface area contributed by atoms with E-state index >= 15 is 4.39 Å². The number of ether oxygens (including phenoxy) is 2. The van der Waals surface area contributed by atoms with E-state index in [0.717, 1.165) is 0 Å². The third-order valence-corrected chi connectivity index (χ3v) is 7.72.